The molecule has 0 amide bonds. The minimum absolute atomic E-state index is 0.0891. The van der Waals surface area contributed by atoms with Crippen LogP contribution in [-0.2, 0) is 0 Å². The molecule has 0 aliphatic rings. The average molecular weight is 194 g/mol. The summed E-state index contributed by atoms with van der Waals surface area (Å²) in [5.74, 6) is 0. The van der Waals surface area contributed by atoms with Gasteiger partial charge in [0.05, 0.1) is 6.61 Å². The summed E-state index contributed by atoms with van der Waals surface area (Å²) in [4.78, 5) is 10.5. The van der Waals surface area contributed by atoms with E-state index in [1.165, 1.54) is 0 Å². The SMILES string of the molecule is Cc1cc(NCCO)cc(C)c1N=O. The molecule has 0 unspecified atom stereocenters. The number of hydrogen-bond donors (Lipinski definition) is 2. The molecular formula is C10H14N2O2. The Hall–Kier alpha value is -1.42. The number of nitrogens with one attached hydrogen (secondary N) is 1. The van der Waals surface area contributed by atoms with Gasteiger partial charge in [0.1, 0.15) is 5.69 Å². The molecule has 1 aromatic carbocycles. The zero-order valence-corrected chi connectivity index (χ0v) is 8.37. The third kappa shape index (κ3) is 2.29. The smallest absolute Gasteiger partial charge is 0.113 e. The number of nitrogens with zero attached hydrogens (tertiary/aromatic N) is 1. The number of aryl methyl sites for hydroxylation is 2. The lowest BCUT2D eigenvalue weighted by Gasteiger charge is -2.08. The fraction of sp³-hybridized carbons (Fsp3) is 0.400. The van der Waals surface area contributed by atoms with Crippen molar-refractivity contribution in [3.05, 3.63) is 28.2 Å². The predicted molar refractivity (Wildman–Crippen MR) is 56.9 cm³/mol. The molecule has 0 radical (unpaired) electrons. The van der Waals surface area contributed by atoms with Gasteiger partial charge in [-0.1, -0.05) is 0 Å². The summed E-state index contributed by atoms with van der Waals surface area (Å²) in [6.07, 6.45) is 0. The van der Waals surface area contributed by atoms with Gasteiger partial charge >= 0.3 is 0 Å². The second-order valence-corrected chi connectivity index (χ2v) is 3.20. The first-order valence-corrected chi connectivity index (χ1v) is 4.48. The van der Waals surface area contributed by atoms with Crippen molar-refractivity contribution in [1.82, 2.24) is 0 Å². The Morgan fingerprint density at radius 3 is 2.36 bits per heavy atom. The summed E-state index contributed by atoms with van der Waals surface area (Å²) in [6.45, 7) is 4.28. The number of rotatable bonds is 4. The molecule has 14 heavy (non-hydrogen) atoms. The van der Waals surface area contributed by atoms with E-state index in [1.54, 1.807) is 0 Å². The van der Waals surface area contributed by atoms with E-state index in [4.69, 9.17) is 5.11 Å². The van der Waals surface area contributed by atoms with Crippen molar-refractivity contribution >= 4 is 11.4 Å². The van der Waals surface area contributed by atoms with Crippen molar-refractivity contribution in [2.24, 2.45) is 5.18 Å². The molecular weight excluding hydrogens is 180 g/mol. The number of anilines is 1. The Morgan fingerprint density at radius 2 is 1.93 bits per heavy atom. The molecule has 0 fully saturated rings. The van der Waals surface area contributed by atoms with E-state index >= 15 is 0 Å². The minimum atomic E-state index is 0.0891. The van der Waals surface area contributed by atoms with Crippen LogP contribution in [0.4, 0.5) is 11.4 Å². The highest BCUT2D eigenvalue weighted by atomic mass is 16.3. The van der Waals surface area contributed by atoms with Crippen LogP contribution < -0.4 is 5.32 Å². The van der Waals surface area contributed by atoms with E-state index in [-0.39, 0.29) is 6.61 Å². The first kappa shape index (κ1) is 10.7. The van der Waals surface area contributed by atoms with Gasteiger partial charge in [-0.25, -0.2) is 0 Å². The molecule has 2 N–H and O–H groups in total. The van der Waals surface area contributed by atoms with Crippen LogP contribution in [0.15, 0.2) is 17.3 Å². The molecule has 0 heterocycles. The van der Waals surface area contributed by atoms with E-state index in [1.807, 2.05) is 26.0 Å². The fourth-order valence-corrected chi connectivity index (χ4v) is 1.40. The van der Waals surface area contributed by atoms with Crippen molar-refractivity contribution in [2.45, 2.75) is 13.8 Å². The third-order valence-corrected chi connectivity index (χ3v) is 2.02. The average Bonchev–Trinajstić information content (AvgIpc) is 2.14. The molecule has 0 atom stereocenters. The van der Waals surface area contributed by atoms with Gasteiger partial charge in [-0.2, -0.15) is 0 Å². The summed E-state index contributed by atoms with van der Waals surface area (Å²) in [5, 5.41) is 14.6. The van der Waals surface area contributed by atoms with Gasteiger partial charge in [-0.3, -0.25) is 0 Å². The number of hydrogen-bond acceptors (Lipinski definition) is 4. The highest BCUT2D eigenvalue weighted by molar-refractivity contribution is 5.61. The van der Waals surface area contributed by atoms with Crippen molar-refractivity contribution in [3.8, 4) is 0 Å². The maximum absolute atomic E-state index is 10.5. The van der Waals surface area contributed by atoms with Crippen LogP contribution in [-0.4, -0.2) is 18.3 Å². The van der Waals surface area contributed by atoms with E-state index < -0.39 is 0 Å². The van der Waals surface area contributed by atoms with Gasteiger partial charge in [-0.15, -0.1) is 4.91 Å². The first-order valence-electron chi connectivity index (χ1n) is 4.48. The van der Waals surface area contributed by atoms with Gasteiger partial charge < -0.3 is 10.4 Å². The molecule has 0 saturated heterocycles. The van der Waals surface area contributed by atoms with Gasteiger partial charge in [0.2, 0.25) is 0 Å². The van der Waals surface area contributed by atoms with Crippen molar-refractivity contribution in [1.29, 1.82) is 0 Å². The van der Waals surface area contributed by atoms with Crippen LogP contribution in [0, 0.1) is 18.8 Å². The zero-order valence-electron chi connectivity index (χ0n) is 8.37. The van der Waals surface area contributed by atoms with E-state index in [0.717, 1.165) is 16.8 Å². The van der Waals surface area contributed by atoms with E-state index in [2.05, 4.69) is 10.5 Å². The van der Waals surface area contributed by atoms with Crippen molar-refractivity contribution in [3.63, 3.8) is 0 Å². The monoisotopic (exact) mass is 194 g/mol. The Kier molecular flexibility index (Phi) is 3.59. The Balaban J connectivity index is 2.95. The number of nitroso groups, excluding NO2 is 1. The molecule has 0 aromatic heterocycles. The molecule has 0 spiro atoms. The zero-order chi connectivity index (χ0) is 10.6. The quantitative estimate of drug-likeness (QED) is 0.721. The fourth-order valence-electron chi connectivity index (χ4n) is 1.40. The Morgan fingerprint density at radius 1 is 1.36 bits per heavy atom. The topological polar surface area (TPSA) is 61.7 Å². The van der Waals surface area contributed by atoms with Crippen LogP contribution >= 0.6 is 0 Å². The standard InChI is InChI=1S/C10H14N2O2/c1-7-5-9(11-3-4-13)6-8(2)10(7)12-14/h5-6,11,13H,3-4H2,1-2H3. The van der Waals surface area contributed by atoms with Crippen molar-refractivity contribution < 1.29 is 5.11 Å². The van der Waals surface area contributed by atoms with Crippen molar-refractivity contribution in [2.75, 3.05) is 18.5 Å². The van der Waals surface area contributed by atoms with Crippen LogP contribution in [0.2, 0.25) is 0 Å². The first-order chi connectivity index (χ1) is 6.69. The Bertz CT molecular complexity index is 314. The largest absolute Gasteiger partial charge is 0.395 e. The Labute approximate surface area is 82.9 Å². The highest BCUT2D eigenvalue weighted by Crippen LogP contribution is 2.26. The van der Waals surface area contributed by atoms with Crippen LogP contribution in [0.5, 0.6) is 0 Å². The number of benzene rings is 1. The van der Waals surface area contributed by atoms with E-state index in [0.29, 0.717) is 12.2 Å². The van der Waals surface area contributed by atoms with E-state index in [9.17, 15) is 4.91 Å². The lowest BCUT2D eigenvalue weighted by atomic mass is 10.1. The maximum Gasteiger partial charge on any atom is 0.113 e. The molecule has 0 aliphatic carbocycles. The van der Waals surface area contributed by atoms with Gasteiger partial charge in [0.15, 0.2) is 0 Å². The molecule has 0 bridgehead atoms. The summed E-state index contributed by atoms with van der Waals surface area (Å²) in [7, 11) is 0. The van der Waals surface area contributed by atoms with Crippen LogP contribution in [0.1, 0.15) is 11.1 Å². The molecule has 4 nitrogen and oxygen atoms in total. The van der Waals surface area contributed by atoms with Gasteiger partial charge in [0, 0.05) is 12.2 Å². The predicted octanol–water partition coefficient (Wildman–Crippen LogP) is 2.11. The molecule has 76 valence electrons. The highest BCUT2D eigenvalue weighted by Gasteiger charge is 2.04. The summed E-state index contributed by atoms with van der Waals surface area (Å²) >= 11 is 0. The maximum atomic E-state index is 10.5. The molecule has 0 aliphatic heterocycles. The lowest BCUT2D eigenvalue weighted by Crippen LogP contribution is -2.05. The molecule has 4 heteroatoms. The van der Waals surface area contributed by atoms with Crippen LogP contribution in [0.25, 0.3) is 0 Å². The minimum Gasteiger partial charge on any atom is -0.395 e. The molecule has 0 saturated carbocycles. The lowest BCUT2D eigenvalue weighted by molar-refractivity contribution is 0.311. The third-order valence-electron chi connectivity index (χ3n) is 2.02. The van der Waals surface area contributed by atoms with Crippen LogP contribution in [0.3, 0.4) is 0 Å². The number of aliphatic hydroxyl groups is 1. The molecule has 1 aromatic rings. The summed E-state index contributed by atoms with van der Waals surface area (Å²) < 4.78 is 0. The number of aliphatic hydroxyl groups excluding tert-OH is 1. The van der Waals surface area contributed by atoms with Gasteiger partial charge in [-0.05, 0) is 42.3 Å². The second-order valence-electron chi connectivity index (χ2n) is 3.20. The second kappa shape index (κ2) is 4.72. The molecule has 1 rings (SSSR count). The van der Waals surface area contributed by atoms with Gasteiger partial charge in [0.25, 0.3) is 0 Å². The summed E-state index contributed by atoms with van der Waals surface area (Å²) in [6, 6.07) is 3.69. The normalized spacial score (nSPS) is 9.93. The summed E-state index contributed by atoms with van der Waals surface area (Å²) in [5.41, 5.74) is 3.10.